The van der Waals surface area contributed by atoms with E-state index in [4.69, 9.17) is 26.5 Å². The first-order valence-corrected chi connectivity index (χ1v) is 5.71. The molecule has 0 unspecified atom stereocenters. The van der Waals surface area contributed by atoms with E-state index in [0.717, 1.165) is 16.1 Å². The SMILES string of the molecule is Cc1cc(Oc2ccc(CN)o2)cc(C)c1Cl.Cl. The molecule has 2 N–H and O–H groups in total. The Hall–Kier alpha value is -1.16. The molecule has 0 saturated heterocycles. The molecule has 0 radical (unpaired) electrons. The van der Waals surface area contributed by atoms with E-state index >= 15 is 0 Å². The summed E-state index contributed by atoms with van der Waals surface area (Å²) in [4.78, 5) is 0. The van der Waals surface area contributed by atoms with Gasteiger partial charge in [0.25, 0.3) is 5.95 Å². The third-order valence-corrected chi connectivity index (χ3v) is 3.06. The molecule has 0 aliphatic heterocycles. The Balaban J connectivity index is 0.00000162. The smallest absolute Gasteiger partial charge is 0.290 e. The summed E-state index contributed by atoms with van der Waals surface area (Å²) in [6, 6.07) is 7.30. The highest BCUT2D eigenvalue weighted by Gasteiger charge is 2.07. The first-order chi connectivity index (χ1) is 8.10. The van der Waals surface area contributed by atoms with E-state index in [0.29, 0.717) is 24.0 Å². The van der Waals surface area contributed by atoms with Gasteiger partial charge in [-0.15, -0.1) is 12.4 Å². The molecule has 0 amide bonds. The highest BCUT2D eigenvalue weighted by atomic mass is 35.5. The second-order valence-corrected chi connectivity index (χ2v) is 4.28. The number of nitrogens with two attached hydrogens (primary N) is 1. The van der Waals surface area contributed by atoms with Crippen LogP contribution in [0.2, 0.25) is 5.02 Å². The number of hydrogen-bond acceptors (Lipinski definition) is 3. The zero-order chi connectivity index (χ0) is 12.4. The fourth-order valence-corrected chi connectivity index (χ4v) is 1.71. The van der Waals surface area contributed by atoms with Crippen molar-refractivity contribution in [1.29, 1.82) is 0 Å². The van der Waals surface area contributed by atoms with Crippen LogP contribution >= 0.6 is 24.0 Å². The number of rotatable bonds is 3. The van der Waals surface area contributed by atoms with E-state index in [1.165, 1.54) is 0 Å². The van der Waals surface area contributed by atoms with Gasteiger partial charge in [-0.3, -0.25) is 0 Å². The van der Waals surface area contributed by atoms with Gasteiger partial charge in [-0.25, -0.2) is 0 Å². The first kappa shape index (κ1) is 14.9. The molecule has 98 valence electrons. The van der Waals surface area contributed by atoms with Crippen molar-refractivity contribution in [3.05, 3.63) is 46.2 Å². The summed E-state index contributed by atoms with van der Waals surface area (Å²) in [6.45, 7) is 4.24. The largest absolute Gasteiger partial charge is 0.429 e. The van der Waals surface area contributed by atoms with Crippen molar-refractivity contribution < 1.29 is 9.15 Å². The summed E-state index contributed by atoms with van der Waals surface area (Å²) in [6.07, 6.45) is 0. The van der Waals surface area contributed by atoms with Gasteiger partial charge in [-0.05, 0) is 43.2 Å². The lowest BCUT2D eigenvalue weighted by Gasteiger charge is -2.07. The Morgan fingerprint density at radius 2 is 1.83 bits per heavy atom. The molecule has 0 aliphatic rings. The molecule has 0 saturated carbocycles. The average Bonchev–Trinajstić information content (AvgIpc) is 2.73. The number of ether oxygens (including phenoxy) is 1. The minimum atomic E-state index is 0. The third kappa shape index (κ3) is 3.19. The highest BCUT2D eigenvalue weighted by molar-refractivity contribution is 6.32. The standard InChI is InChI=1S/C13H14ClNO2.ClH/c1-8-5-11(6-9(2)13(8)14)17-12-4-3-10(7-15)16-12;/h3-6H,7,15H2,1-2H3;1H. The fraction of sp³-hybridized carbons (Fsp3) is 0.231. The van der Waals surface area contributed by atoms with E-state index in [1.54, 1.807) is 12.1 Å². The van der Waals surface area contributed by atoms with Crippen molar-refractivity contribution in [1.82, 2.24) is 0 Å². The van der Waals surface area contributed by atoms with Crippen LogP contribution in [0.3, 0.4) is 0 Å². The molecular formula is C13H15Cl2NO2. The van der Waals surface area contributed by atoms with E-state index in [-0.39, 0.29) is 12.4 Å². The van der Waals surface area contributed by atoms with Gasteiger partial charge in [-0.1, -0.05) is 11.6 Å². The van der Waals surface area contributed by atoms with Gasteiger partial charge < -0.3 is 14.9 Å². The summed E-state index contributed by atoms with van der Waals surface area (Å²) in [5.74, 6) is 1.84. The average molecular weight is 288 g/mol. The van der Waals surface area contributed by atoms with Crippen LogP contribution in [0.15, 0.2) is 28.7 Å². The summed E-state index contributed by atoms with van der Waals surface area (Å²) >= 11 is 6.08. The highest BCUT2D eigenvalue weighted by Crippen LogP contribution is 2.29. The third-order valence-electron chi connectivity index (χ3n) is 2.47. The quantitative estimate of drug-likeness (QED) is 0.919. The number of aryl methyl sites for hydroxylation is 2. The van der Waals surface area contributed by atoms with Crippen molar-refractivity contribution in [3.8, 4) is 11.7 Å². The second kappa shape index (κ2) is 6.14. The predicted octanol–water partition coefficient (Wildman–Crippen LogP) is 4.22. The molecule has 2 aromatic rings. The Morgan fingerprint density at radius 3 is 2.33 bits per heavy atom. The molecule has 0 bridgehead atoms. The van der Waals surface area contributed by atoms with E-state index in [1.807, 2.05) is 26.0 Å². The molecule has 1 aromatic carbocycles. The molecule has 0 atom stereocenters. The molecule has 0 fully saturated rings. The van der Waals surface area contributed by atoms with Crippen molar-refractivity contribution in [2.24, 2.45) is 5.73 Å². The molecule has 0 spiro atoms. The lowest BCUT2D eigenvalue weighted by atomic mass is 10.1. The summed E-state index contributed by atoms with van der Waals surface area (Å²) in [7, 11) is 0. The van der Waals surface area contributed by atoms with Gasteiger partial charge in [-0.2, -0.15) is 0 Å². The molecule has 3 nitrogen and oxygen atoms in total. The van der Waals surface area contributed by atoms with Crippen LogP contribution in [0.25, 0.3) is 0 Å². The summed E-state index contributed by atoms with van der Waals surface area (Å²) < 4.78 is 11.0. The van der Waals surface area contributed by atoms with Crippen LogP contribution in [0, 0.1) is 13.8 Å². The van der Waals surface area contributed by atoms with E-state index in [9.17, 15) is 0 Å². The lowest BCUT2D eigenvalue weighted by molar-refractivity contribution is 0.332. The van der Waals surface area contributed by atoms with Crippen molar-refractivity contribution in [3.63, 3.8) is 0 Å². The van der Waals surface area contributed by atoms with Gasteiger partial charge in [0.15, 0.2) is 0 Å². The Kier molecular flexibility index (Phi) is 5.08. The number of hydrogen-bond donors (Lipinski definition) is 1. The molecule has 0 aliphatic carbocycles. The normalized spacial score (nSPS) is 10.0. The van der Waals surface area contributed by atoms with Crippen LogP contribution in [0.5, 0.6) is 11.7 Å². The number of benzene rings is 1. The lowest BCUT2D eigenvalue weighted by Crippen LogP contribution is -1.92. The van der Waals surface area contributed by atoms with Crippen LogP contribution in [0.4, 0.5) is 0 Å². The molecular weight excluding hydrogens is 273 g/mol. The van der Waals surface area contributed by atoms with Gasteiger partial charge >= 0.3 is 0 Å². The van der Waals surface area contributed by atoms with Crippen LogP contribution < -0.4 is 10.5 Å². The van der Waals surface area contributed by atoms with Crippen LogP contribution in [-0.4, -0.2) is 0 Å². The van der Waals surface area contributed by atoms with Gasteiger partial charge in [0.2, 0.25) is 0 Å². The summed E-state index contributed by atoms with van der Waals surface area (Å²) in [5, 5.41) is 0.763. The minimum Gasteiger partial charge on any atom is -0.429 e. The van der Waals surface area contributed by atoms with Crippen molar-refractivity contribution in [2.75, 3.05) is 0 Å². The van der Waals surface area contributed by atoms with E-state index in [2.05, 4.69) is 0 Å². The van der Waals surface area contributed by atoms with E-state index < -0.39 is 0 Å². The molecule has 1 aromatic heterocycles. The second-order valence-electron chi connectivity index (χ2n) is 3.90. The fourth-order valence-electron chi connectivity index (χ4n) is 1.60. The molecule has 2 rings (SSSR count). The Morgan fingerprint density at radius 1 is 1.22 bits per heavy atom. The number of halogens is 2. The monoisotopic (exact) mass is 287 g/mol. The Labute approximate surface area is 117 Å². The molecule has 18 heavy (non-hydrogen) atoms. The maximum Gasteiger partial charge on any atom is 0.290 e. The number of furan rings is 1. The van der Waals surface area contributed by atoms with Crippen molar-refractivity contribution >= 4 is 24.0 Å². The van der Waals surface area contributed by atoms with Crippen LogP contribution in [0.1, 0.15) is 16.9 Å². The summed E-state index contributed by atoms with van der Waals surface area (Å²) in [5.41, 5.74) is 7.42. The van der Waals surface area contributed by atoms with Crippen molar-refractivity contribution in [2.45, 2.75) is 20.4 Å². The van der Waals surface area contributed by atoms with Gasteiger partial charge in [0.1, 0.15) is 11.5 Å². The molecule has 1 heterocycles. The van der Waals surface area contributed by atoms with Crippen LogP contribution in [-0.2, 0) is 6.54 Å². The predicted molar refractivity (Wildman–Crippen MR) is 74.8 cm³/mol. The van der Waals surface area contributed by atoms with Gasteiger partial charge in [0.05, 0.1) is 6.54 Å². The zero-order valence-electron chi connectivity index (χ0n) is 10.2. The maximum absolute atomic E-state index is 6.08. The Bertz CT molecular complexity index is 515. The topological polar surface area (TPSA) is 48.4 Å². The maximum atomic E-state index is 6.08. The zero-order valence-corrected chi connectivity index (χ0v) is 11.8. The van der Waals surface area contributed by atoms with Gasteiger partial charge in [0, 0.05) is 11.1 Å². The first-order valence-electron chi connectivity index (χ1n) is 5.33. The molecule has 5 heteroatoms. The minimum absolute atomic E-state index is 0.